The second-order valence-electron chi connectivity index (χ2n) is 8.15. The van der Waals surface area contributed by atoms with Crippen LogP contribution in [0.5, 0.6) is 0 Å². The van der Waals surface area contributed by atoms with Crippen LogP contribution in [0.25, 0.3) is 0 Å². The average molecular weight is 390 g/mol. The van der Waals surface area contributed by atoms with Crippen molar-refractivity contribution in [2.45, 2.75) is 99.1 Å². The number of hydrogen-bond donors (Lipinski definition) is 4. The molecule has 0 aromatic heterocycles. The smallest absolute Gasteiger partial charge is 0.380 e. The molecule has 4 heterocycles. The minimum absolute atomic E-state index is 0.148. The molecule has 0 aromatic rings. The summed E-state index contributed by atoms with van der Waals surface area (Å²) in [5.41, 5.74) is -4.88. The highest BCUT2D eigenvalue weighted by Gasteiger charge is 2.59. The normalized spacial score (nSPS) is 45.2. The Bertz CT molecular complexity index is 454. The molecule has 4 aliphatic rings. The van der Waals surface area contributed by atoms with Crippen molar-refractivity contribution >= 4 is 0 Å². The van der Waals surface area contributed by atoms with Gasteiger partial charge >= 0.3 is 12.4 Å². The number of fused-ring (bicyclic) bond motifs is 4. The zero-order valence-electron chi connectivity index (χ0n) is 14.1. The number of rotatable bonds is 0. The van der Waals surface area contributed by atoms with Crippen molar-refractivity contribution in [1.82, 2.24) is 10.6 Å². The lowest BCUT2D eigenvalue weighted by Crippen LogP contribution is -2.56. The summed E-state index contributed by atoms with van der Waals surface area (Å²) in [6.45, 7) is 0. The van der Waals surface area contributed by atoms with Crippen molar-refractivity contribution in [3.63, 3.8) is 0 Å². The van der Waals surface area contributed by atoms with Crippen LogP contribution in [0.15, 0.2) is 0 Å². The third-order valence-electron chi connectivity index (χ3n) is 6.06. The maximum Gasteiger partial charge on any atom is 0.417 e. The summed E-state index contributed by atoms with van der Waals surface area (Å²) >= 11 is 0. The van der Waals surface area contributed by atoms with Crippen molar-refractivity contribution in [1.29, 1.82) is 0 Å². The number of nitrogens with one attached hydrogen (secondary N) is 2. The standard InChI is InChI=1S/2C8H12F3NO/c2*9-8(10,11)7(13)3-5-1-2-6(4-7)12-5/h2*5-6,12-13H,1-4H2/t2*5-,6-/m11/s1. The quantitative estimate of drug-likeness (QED) is 0.480. The van der Waals surface area contributed by atoms with Gasteiger partial charge in [-0.1, -0.05) is 0 Å². The van der Waals surface area contributed by atoms with Crippen molar-refractivity contribution in [3.05, 3.63) is 0 Å². The maximum absolute atomic E-state index is 12.4. The molecule has 4 N–H and O–H groups in total. The van der Waals surface area contributed by atoms with Gasteiger partial charge in [0.2, 0.25) is 0 Å². The first-order chi connectivity index (χ1) is 11.8. The number of aliphatic hydroxyl groups is 2. The Labute approximate surface area is 147 Å². The monoisotopic (exact) mass is 390 g/mol. The highest BCUT2D eigenvalue weighted by atomic mass is 19.4. The van der Waals surface area contributed by atoms with E-state index in [0.29, 0.717) is 0 Å². The lowest BCUT2D eigenvalue weighted by Gasteiger charge is -2.38. The molecule has 4 atom stereocenters. The molecule has 10 heteroatoms. The van der Waals surface area contributed by atoms with Gasteiger partial charge in [-0.2, -0.15) is 26.3 Å². The van der Waals surface area contributed by atoms with Crippen LogP contribution < -0.4 is 10.6 Å². The summed E-state index contributed by atoms with van der Waals surface area (Å²) in [6.07, 6.45) is -6.69. The molecule has 152 valence electrons. The van der Waals surface area contributed by atoms with Crippen molar-refractivity contribution < 1.29 is 36.6 Å². The predicted molar refractivity (Wildman–Crippen MR) is 80.4 cm³/mol. The summed E-state index contributed by atoms with van der Waals surface area (Å²) in [5, 5.41) is 25.0. The van der Waals surface area contributed by atoms with Gasteiger partial charge in [-0.05, 0) is 25.7 Å². The van der Waals surface area contributed by atoms with Crippen LogP contribution in [0, 0.1) is 0 Å². The summed E-state index contributed by atoms with van der Waals surface area (Å²) in [5.74, 6) is 0. The van der Waals surface area contributed by atoms with Crippen LogP contribution in [0.4, 0.5) is 26.3 Å². The van der Waals surface area contributed by atoms with Gasteiger partial charge in [0.25, 0.3) is 0 Å². The summed E-state index contributed by atoms with van der Waals surface area (Å²) in [6, 6.07) is -0.591. The Morgan fingerprint density at radius 3 is 1.00 bits per heavy atom. The molecule has 0 spiro atoms. The molecular formula is C16H24F6N2O2. The van der Waals surface area contributed by atoms with E-state index in [2.05, 4.69) is 10.6 Å². The van der Waals surface area contributed by atoms with Crippen LogP contribution in [-0.2, 0) is 0 Å². The van der Waals surface area contributed by atoms with Gasteiger partial charge in [-0.3, -0.25) is 0 Å². The lowest BCUT2D eigenvalue weighted by atomic mass is 9.87. The van der Waals surface area contributed by atoms with Crippen LogP contribution in [0.2, 0.25) is 0 Å². The SMILES string of the molecule is OC1(C(F)(F)F)C[C@H]2CC[C@H](C1)N2.OC1(C(F)(F)F)C[C@H]2CC[C@H](C1)N2. The summed E-state index contributed by atoms with van der Waals surface area (Å²) < 4.78 is 74.5. The van der Waals surface area contributed by atoms with Gasteiger partial charge in [0.15, 0.2) is 11.2 Å². The second kappa shape index (κ2) is 6.49. The number of alkyl halides is 6. The topological polar surface area (TPSA) is 64.5 Å². The third-order valence-corrected chi connectivity index (χ3v) is 6.06. The summed E-state index contributed by atoms with van der Waals surface area (Å²) in [4.78, 5) is 0. The van der Waals surface area contributed by atoms with E-state index in [4.69, 9.17) is 0 Å². The molecule has 0 unspecified atom stereocenters. The fourth-order valence-corrected chi connectivity index (χ4v) is 4.71. The minimum atomic E-state index is -4.48. The van der Waals surface area contributed by atoms with Crippen LogP contribution >= 0.6 is 0 Å². The molecule has 0 radical (unpaired) electrons. The molecule has 26 heavy (non-hydrogen) atoms. The molecule has 4 bridgehead atoms. The Hall–Kier alpha value is -0.580. The van der Waals surface area contributed by atoms with Crippen molar-refractivity contribution in [3.8, 4) is 0 Å². The molecule has 0 saturated carbocycles. The molecule has 4 saturated heterocycles. The zero-order valence-corrected chi connectivity index (χ0v) is 14.1. The number of hydrogen-bond acceptors (Lipinski definition) is 4. The van der Waals surface area contributed by atoms with E-state index >= 15 is 0 Å². The Morgan fingerprint density at radius 2 is 0.808 bits per heavy atom. The van der Waals surface area contributed by atoms with Gasteiger partial charge in [-0.25, -0.2) is 0 Å². The largest absolute Gasteiger partial charge is 0.417 e. The fraction of sp³-hybridized carbons (Fsp3) is 1.00. The van der Waals surface area contributed by atoms with E-state index in [0.717, 1.165) is 25.7 Å². The average Bonchev–Trinajstić information content (AvgIpc) is 2.99. The van der Waals surface area contributed by atoms with Crippen LogP contribution in [0.3, 0.4) is 0 Å². The second-order valence-corrected chi connectivity index (χ2v) is 8.15. The first-order valence-corrected chi connectivity index (χ1v) is 8.92. The van der Waals surface area contributed by atoms with Gasteiger partial charge in [0.05, 0.1) is 0 Å². The van der Waals surface area contributed by atoms with E-state index in [1.165, 1.54) is 0 Å². The number of piperidine rings is 2. The van der Waals surface area contributed by atoms with E-state index in [1.54, 1.807) is 0 Å². The van der Waals surface area contributed by atoms with E-state index in [9.17, 15) is 36.6 Å². The van der Waals surface area contributed by atoms with E-state index < -0.39 is 23.6 Å². The first kappa shape index (κ1) is 20.2. The summed E-state index contributed by atoms with van der Waals surface area (Å²) in [7, 11) is 0. The van der Waals surface area contributed by atoms with Crippen molar-refractivity contribution in [2.75, 3.05) is 0 Å². The third kappa shape index (κ3) is 3.83. The number of halogens is 6. The van der Waals surface area contributed by atoms with Gasteiger partial charge in [0.1, 0.15) is 0 Å². The zero-order chi connectivity index (χ0) is 19.4. The fourth-order valence-electron chi connectivity index (χ4n) is 4.71. The molecule has 0 aromatic carbocycles. The lowest BCUT2D eigenvalue weighted by molar-refractivity contribution is -0.271. The molecule has 0 aliphatic carbocycles. The van der Waals surface area contributed by atoms with Gasteiger partial charge < -0.3 is 20.8 Å². The molecule has 4 rings (SSSR count). The predicted octanol–water partition coefficient (Wildman–Crippen LogP) is 2.39. The van der Waals surface area contributed by atoms with Crippen LogP contribution in [-0.4, -0.2) is 57.9 Å². The first-order valence-electron chi connectivity index (χ1n) is 8.92. The Balaban J connectivity index is 0.000000151. The van der Waals surface area contributed by atoms with E-state index in [-0.39, 0.29) is 49.9 Å². The van der Waals surface area contributed by atoms with Gasteiger partial charge in [0, 0.05) is 49.9 Å². The highest BCUT2D eigenvalue weighted by Crippen LogP contribution is 2.44. The van der Waals surface area contributed by atoms with Gasteiger partial charge in [-0.15, -0.1) is 0 Å². The molecule has 4 nitrogen and oxygen atoms in total. The minimum Gasteiger partial charge on any atom is -0.380 e. The Morgan fingerprint density at radius 1 is 0.577 bits per heavy atom. The highest BCUT2D eigenvalue weighted by molar-refractivity contribution is 5.04. The van der Waals surface area contributed by atoms with E-state index in [1.807, 2.05) is 0 Å². The molecule has 0 amide bonds. The maximum atomic E-state index is 12.4. The Kier molecular flexibility index (Phi) is 5.03. The van der Waals surface area contributed by atoms with Crippen molar-refractivity contribution in [2.24, 2.45) is 0 Å². The molecular weight excluding hydrogens is 366 g/mol. The van der Waals surface area contributed by atoms with Crippen LogP contribution in [0.1, 0.15) is 51.4 Å². The molecule has 4 fully saturated rings. The molecule has 4 aliphatic heterocycles.